The first-order valence-electron chi connectivity index (χ1n) is 7.05. The molecule has 5 heteroatoms. The van der Waals surface area contributed by atoms with E-state index in [1.54, 1.807) is 0 Å². The van der Waals surface area contributed by atoms with Crippen molar-refractivity contribution in [2.75, 3.05) is 26.9 Å². The summed E-state index contributed by atoms with van der Waals surface area (Å²) >= 11 is 0. The average Bonchev–Trinajstić information content (AvgIpc) is 2.92. The molecule has 110 valence electrons. The highest BCUT2D eigenvalue weighted by molar-refractivity contribution is 5.76. The van der Waals surface area contributed by atoms with Crippen molar-refractivity contribution in [3.63, 3.8) is 0 Å². The largest absolute Gasteiger partial charge is 0.454 e. The molecule has 1 N–H and O–H groups in total. The summed E-state index contributed by atoms with van der Waals surface area (Å²) in [7, 11) is 1.90. The molecule has 2 rings (SSSR count). The summed E-state index contributed by atoms with van der Waals surface area (Å²) in [5.41, 5.74) is 1.07. The monoisotopic (exact) mass is 278 g/mol. The normalized spacial score (nSPS) is 12.5. The predicted molar refractivity (Wildman–Crippen MR) is 76.8 cm³/mol. The Labute approximate surface area is 119 Å². The number of hydrogen-bond donors (Lipinski definition) is 1. The zero-order valence-electron chi connectivity index (χ0n) is 12.1. The van der Waals surface area contributed by atoms with Crippen molar-refractivity contribution in [2.45, 2.75) is 26.3 Å². The number of amides is 1. The molecule has 0 saturated heterocycles. The van der Waals surface area contributed by atoms with Gasteiger partial charge < -0.3 is 19.7 Å². The highest BCUT2D eigenvalue weighted by Crippen LogP contribution is 2.32. The second-order valence-corrected chi connectivity index (χ2v) is 4.80. The van der Waals surface area contributed by atoms with Crippen LogP contribution in [0.5, 0.6) is 11.5 Å². The lowest BCUT2D eigenvalue weighted by atomic mass is 10.1. The van der Waals surface area contributed by atoms with Crippen LogP contribution in [0.2, 0.25) is 0 Å². The van der Waals surface area contributed by atoms with Gasteiger partial charge in [0.05, 0.1) is 0 Å². The maximum absolute atomic E-state index is 12.1. The van der Waals surface area contributed by atoms with Gasteiger partial charge in [0.2, 0.25) is 12.7 Å². The number of nitrogens with zero attached hydrogens (tertiary/aromatic N) is 1. The fourth-order valence-corrected chi connectivity index (χ4v) is 2.21. The summed E-state index contributed by atoms with van der Waals surface area (Å²) < 4.78 is 10.6. The molecule has 0 atom stereocenters. The van der Waals surface area contributed by atoms with Crippen LogP contribution in [0.4, 0.5) is 0 Å². The van der Waals surface area contributed by atoms with E-state index in [1.807, 2.05) is 37.1 Å². The molecule has 0 aliphatic carbocycles. The number of ether oxygens (including phenoxy) is 2. The van der Waals surface area contributed by atoms with E-state index in [-0.39, 0.29) is 12.7 Å². The van der Waals surface area contributed by atoms with Gasteiger partial charge in [0.15, 0.2) is 11.5 Å². The number of fused-ring (bicyclic) bond motifs is 1. The van der Waals surface area contributed by atoms with Gasteiger partial charge in [-0.1, -0.05) is 6.07 Å². The Morgan fingerprint density at radius 3 is 2.90 bits per heavy atom. The molecule has 1 heterocycles. The maximum Gasteiger partial charge on any atom is 0.231 e. The van der Waals surface area contributed by atoms with Gasteiger partial charge in [-0.05, 0) is 44.6 Å². The lowest BCUT2D eigenvalue weighted by Crippen LogP contribution is -2.30. The lowest BCUT2D eigenvalue weighted by molar-refractivity contribution is -0.131. The van der Waals surface area contributed by atoms with E-state index in [9.17, 15) is 4.79 Å². The first-order valence-corrected chi connectivity index (χ1v) is 7.05. The second-order valence-electron chi connectivity index (χ2n) is 4.80. The number of hydrogen-bond acceptors (Lipinski definition) is 4. The molecule has 20 heavy (non-hydrogen) atoms. The van der Waals surface area contributed by atoms with Crippen LogP contribution in [0.1, 0.15) is 25.3 Å². The van der Waals surface area contributed by atoms with Crippen molar-refractivity contribution < 1.29 is 14.3 Å². The van der Waals surface area contributed by atoms with E-state index in [4.69, 9.17) is 9.47 Å². The molecule has 1 aromatic carbocycles. The van der Waals surface area contributed by atoms with Crippen molar-refractivity contribution in [1.82, 2.24) is 10.2 Å². The van der Waals surface area contributed by atoms with E-state index in [2.05, 4.69) is 5.32 Å². The van der Waals surface area contributed by atoms with Crippen LogP contribution < -0.4 is 14.8 Å². The molecule has 1 aliphatic heterocycles. The maximum atomic E-state index is 12.1. The van der Waals surface area contributed by atoms with Gasteiger partial charge in [-0.25, -0.2) is 0 Å². The molecule has 0 saturated carbocycles. The lowest BCUT2D eigenvalue weighted by Gasteiger charge is -2.21. The minimum Gasteiger partial charge on any atom is -0.454 e. The molecule has 0 fully saturated rings. The summed E-state index contributed by atoms with van der Waals surface area (Å²) in [6, 6.07) is 5.83. The van der Waals surface area contributed by atoms with Gasteiger partial charge in [-0.3, -0.25) is 4.79 Å². The molecular formula is C15H22N2O3. The van der Waals surface area contributed by atoms with Gasteiger partial charge >= 0.3 is 0 Å². The third kappa shape index (κ3) is 3.63. The Bertz CT molecular complexity index is 462. The SMILES string of the molecule is CCN(Cc1ccc2c(c1)OCO2)C(=O)CCCNC. The van der Waals surface area contributed by atoms with Crippen LogP contribution in [-0.4, -0.2) is 37.7 Å². The van der Waals surface area contributed by atoms with Crippen LogP contribution in [-0.2, 0) is 11.3 Å². The second kappa shape index (κ2) is 7.14. The fourth-order valence-electron chi connectivity index (χ4n) is 2.21. The molecule has 1 amide bonds. The summed E-state index contributed by atoms with van der Waals surface area (Å²) in [5, 5.41) is 3.06. The smallest absolute Gasteiger partial charge is 0.231 e. The highest BCUT2D eigenvalue weighted by atomic mass is 16.7. The number of benzene rings is 1. The van der Waals surface area contributed by atoms with Crippen LogP contribution in [0.25, 0.3) is 0 Å². The Hall–Kier alpha value is -1.75. The summed E-state index contributed by atoms with van der Waals surface area (Å²) in [6.07, 6.45) is 1.45. The molecule has 0 unspecified atom stereocenters. The predicted octanol–water partition coefficient (Wildman–Crippen LogP) is 1.76. The van der Waals surface area contributed by atoms with Crippen molar-refractivity contribution in [3.8, 4) is 11.5 Å². The van der Waals surface area contributed by atoms with Gasteiger partial charge in [-0.2, -0.15) is 0 Å². The molecular weight excluding hydrogens is 256 g/mol. The van der Waals surface area contributed by atoms with Gasteiger partial charge in [0, 0.05) is 19.5 Å². The zero-order valence-corrected chi connectivity index (χ0v) is 12.1. The van der Waals surface area contributed by atoms with E-state index < -0.39 is 0 Å². The zero-order chi connectivity index (χ0) is 14.4. The standard InChI is InChI=1S/C15H22N2O3/c1-3-17(15(18)5-4-8-16-2)10-12-6-7-13-14(9-12)20-11-19-13/h6-7,9,16H,3-5,8,10-11H2,1-2H3. The van der Waals surface area contributed by atoms with Crippen LogP contribution in [0, 0.1) is 0 Å². The van der Waals surface area contributed by atoms with Crippen molar-refractivity contribution in [3.05, 3.63) is 23.8 Å². The highest BCUT2D eigenvalue weighted by Gasteiger charge is 2.16. The third-order valence-corrected chi connectivity index (χ3v) is 3.36. The van der Waals surface area contributed by atoms with Crippen molar-refractivity contribution in [2.24, 2.45) is 0 Å². The van der Waals surface area contributed by atoms with Crippen molar-refractivity contribution in [1.29, 1.82) is 0 Å². The van der Waals surface area contributed by atoms with E-state index in [0.717, 1.165) is 30.0 Å². The molecule has 0 aromatic heterocycles. The number of nitrogens with one attached hydrogen (secondary N) is 1. The average molecular weight is 278 g/mol. The third-order valence-electron chi connectivity index (χ3n) is 3.36. The van der Waals surface area contributed by atoms with Gasteiger partial charge in [0.25, 0.3) is 0 Å². The fraction of sp³-hybridized carbons (Fsp3) is 0.533. The molecule has 5 nitrogen and oxygen atoms in total. The number of rotatable bonds is 7. The Balaban J connectivity index is 1.94. The number of carbonyl (C=O) groups excluding carboxylic acids is 1. The van der Waals surface area contributed by atoms with E-state index in [1.165, 1.54) is 0 Å². The van der Waals surface area contributed by atoms with Crippen LogP contribution in [0.3, 0.4) is 0 Å². The first-order chi connectivity index (χ1) is 9.74. The number of carbonyl (C=O) groups is 1. The van der Waals surface area contributed by atoms with Crippen LogP contribution >= 0.6 is 0 Å². The van der Waals surface area contributed by atoms with E-state index in [0.29, 0.717) is 19.5 Å². The van der Waals surface area contributed by atoms with E-state index >= 15 is 0 Å². The minimum atomic E-state index is 0.195. The summed E-state index contributed by atoms with van der Waals surface area (Å²) in [5.74, 6) is 1.73. The Morgan fingerprint density at radius 2 is 2.15 bits per heavy atom. The Morgan fingerprint density at radius 1 is 1.35 bits per heavy atom. The summed E-state index contributed by atoms with van der Waals surface area (Å²) in [4.78, 5) is 14.0. The van der Waals surface area contributed by atoms with Crippen molar-refractivity contribution >= 4 is 5.91 Å². The molecule has 1 aromatic rings. The Kier molecular flexibility index (Phi) is 5.24. The quantitative estimate of drug-likeness (QED) is 0.772. The molecule has 0 spiro atoms. The van der Waals surface area contributed by atoms with Crippen LogP contribution in [0.15, 0.2) is 18.2 Å². The summed E-state index contributed by atoms with van der Waals surface area (Å²) in [6.45, 7) is 4.48. The molecule has 0 radical (unpaired) electrons. The first kappa shape index (κ1) is 14.7. The van der Waals surface area contributed by atoms with Gasteiger partial charge in [0.1, 0.15) is 0 Å². The molecule has 0 bridgehead atoms. The topological polar surface area (TPSA) is 50.8 Å². The van der Waals surface area contributed by atoms with Gasteiger partial charge in [-0.15, -0.1) is 0 Å². The minimum absolute atomic E-state index is 0.195. The molecule has 1 aliphatic rings.